The Morgan fingerprint density at radius 2 is 1.93 bits per heavy atom. The van der Waals surface area contributed by atoms with Crippen molar-refractivity contribution in [3.8, 4) is 0 Å². The minimum Gasteiger partial charge on any atom is -0.378 e. The Bertz CT molecular complexity index is 981. The lowest BCUT2D eigenvalue weighted by atomic mass is 10.2. The maximum atomic E-state index is 14.1. The van der Waals surface area contributed by atoms with Crippen LogP contribution in [0.5, 0.6) is 0 Å². The van der Waals surface area contributed by atoms with Crippen LogP contribution < -0.4 is 0 Å². The number of nitrogens with zero attached hydrogens (tertiary/aromatic N) is 2. The van der Waals surface area contributed by atoms with E-state index in [9.17, 15) is 9.18 Å². The summed E-state index contributed by atoms with van der Waals surface area (Å²) in [5.74, 6) is 0.209. The van der Waals surface area contributed by atoms with E-state index in [1.54, 1.807) is 12.1 Å². The lowest BCUT2D eigenvalue weighted by molar-refractivity contribution is -0.135. The second-order valence-corrected chi connectivity index (χ2v) is 8.04. The van der Waals surface area contributed by atoms with E-state index < -0.39 is 0 Å². The summed E-state index contributed by atoms with van der Waals surface area (Å²) in [6.07, 6.45) is 1.97. The summed E-state index contributed by atoms with van der Waals surface area (Å²) in [4.78, 5) is 15.5. The lowest BCUT2D eigenvalue weighted by Crippen LogP contribution is -2.42. The molecule has 0 aliphatic carbocycles. The van der Waals surface area contributed by atoms with Crippen LogP contribution in [-0.4, -0.2) is 41.7 Å². The molecular formula is C21H20ClFN2O2S. The average molecular weight is 419 g/mol. The molecule has 2 aromatic carbocycles. The van der Waals surface area contributed by atoms with E-state index in [-0.39, 0.29) is 18.3 Å². The molecule has 0 atom stereocenters. The number of aromatic nitrogens is 1. The summed E-state index contributed by atoms with van der Waals surface area (Å²) in [6, 6.07) is 12.7. The van der Waals surface area contributed by atoms with E-state index >= 15 is 0 Å². The van der Waals surface area contributed by atoms with Crippen LogP contribution in [0.25, 0.3) is 10.9 Å². The van der Waals surface area contributed by atoms with Crippen molar-refractivity contribution in [2.24, 2.45) is 0 Å². The number of benzene rings is 2. The molecule has 0 N–H and O–H groups in total. The standard InChI is InChI=1S/C21H20ClFN2O2S/c22-17-5-3-6-18(23)16(17)14-28-20-12-25(19-7-2-1-4-15(19)20)13-21(26)24-8-10-27-11-9-24/h1-7,12H,8-11,13-14H2. The number of morpholine rings is 1. The Kier molecular flexibility index (Phi) is 5.90. The highest BCUT2D eigenvalue weighted by Gasteiger charge is 2.19. The molecule has 4 rings (SSSR count). The summed E-state index contributed by atoms with van der Waals surface area (Å²) < 4.78 is 21.4. The van der Waals surface area contributed by atoms with Gasteiger partial charge in [-0.2, -0.15) is 0 Å². The molecule has 1 amide bonds. The Morgan fingerprint density at radius 1 is 1.14 bits per heavy atom. The van der Waals surface area contributed by atoms with Gasteiger partial charge in [-0.15, -0.1) is 11.8 Å². The molecule has 1 aliphatic heterocycles. The van der Waals surface area contributed by atoms with Gasteiger partial charge in [0.25, 0.3) is 0 Å². The largest absolute Gasteiger partial charge is 0.378 e. The van der Waals surface area contributed by atoms with Gasteiger partial charge in [0.1, 0.15) is 12.4 Å². The molecule has 7 heteroatoms. The number of amides is 1. The number of hydrogen-bond donors (Lipinski definition) is 0. The number of halogens is 2. The van der Waals surface area contributed by atoms with E-state index in [0.29, 0.717) is 42.6 Å². The van der Waals surface area contributed by atoms with Gasteiger partial charge in [0.05, 0.1) is 13.2 Å². The predicted molar refractivity (Wildman–Crippen MR) is 110 cm³/mol. The fourth-order valence-corrected chi connectivity index (χ4v) is 4.77. The fraction of sp³-hybridized carbons (Fsp3) is 0.286. The van der Waals surface area contributed by atoms with Crippen molar-refractivity contribution in [2.45, 2.75) is 17.2 Å². The Labute approximate surface area is 172 Å². The van der Waals surface area contributed by atoms with Crippen LogP contribution in [0.1, 0.15) is 5.56 Å². The van der Waals surface area contributed by atoms with Gasteiger partial charge >= 0.3 is 0 Å². The number of para-hydroxylation sites is 1. The summed E-state index contributed by atoms with van der Waals surface area (Å²) in [6.45, 7) is 2.71. The molecule has 0 unspecified atom stereocenters. The normalized spacial score (nSPS) is 14.6. The van der Waals surface area contributed by atoms with Gasteiger partial charge in [-0.25, -0.2) is 4.39 Å². The zero-order chi connectivity index (χ0) is 19.5. The third-order valence-electron chi connectivity index (χ3n) is 4.86. The molecule has 2 heterocycles. The summed E-state index contributed by atoms with van der Waals surface area (Å²) >= 11 is 7.68. The third-order valence-corrected chi connectivity index (χ3v) is 6.28. The molecule has 0 saturated carbocycles. The summed E-state index contributed by atoms with van der Waals surface area (Å²) in [7, 11) is 0. The molecule has 1 aliphatic rings. The maximum absolute atomic E-state index is 14.1. The number of hydrogen-bond acceptors (Lipinski definition) is 3. The lowest BCUT2D eigenvalue weighted by Gasteiger charge is -2.27. The Morgan fingerprint density at radius 3 is 2.71 bits per heavy atom. The summed E-state index contributed by atoms with van der Waals surface area (Å²) in [5.41, 5.74) is 1.49. The Hall–Kier alpha value is -2.02. The molecular weight excluding hydrogens is 399 g/mol. The van der Waals surface area contributed by atoms with Crippen LogP contribution in [0, 0.1) is 5.82 Å². The molecule has 1 saturated heterocycles. The molecule has 0 spiro atoms. The SMILES string of the molecule is O=C(Cn1cc(SCc2c(F)cccc2Cl)c2ccccc21)N1CCOCC1. The van der Waals surface area contributed by atoms with Gasteiger partial charge in [-0.1, -0.05) is 35.9 Å². The Balaban J connectivity index is 1.57. The van der Waals surface area contributed by atoms with Gasteiger partial charge in [0, 0.05) is 51.4 Å². The second kappa shape index (κ2) is 8.55. The van der Waals surface area contributed by atoms with Crippen LogP contribution in [0.2, 0.25) is 5.02 Å². The van der Waals surface area contributed by atoms with Gasteiger partial charge in [-0.3, -0.25) is 4.79 Å². The molecule has 1 fully saturated rings. The number of ether oxygens (including phenoxy) is 1. The number of carbonyl (C=O) groups is 1. The number of fused-ring (bicyclic) bond motifs is 1. The highest BCUT2D eigenvalue weighted by molar-refractivity contribution is 7.98. The number of carbonyl (C=O) groups excluding carboxylic acids is 1. The molecule has 1 aromatic heterocycles. The van der Waals surface area contributed by atoms with Crippen molar-refractivity contribution in [3.05, 3.63) is 65.1 Å². The van der Waals surface area contributed by atoms with Crippen LogP contribution in [0.15, 0.2) is 53.6 Å². The predicted octanol–water partition coefficient (Wildman–Crippen LogP) is 4.58. The molecule has 3 aromatic rings. The topological polar surface area (TPSA) is 34.5 Å². The monoisotopic (exact) mass is 418 g/mol. The van der Waals surface area contributed by atoms with Gasteiger partial charge in [0.2, 0.25) is 5.91 Å². The molecule has 146 valence electrons. The highest BCUT2D eigenvalue weighted by atomic mass is 35.5. The van der Waals surface area contributed by atoms with Crippen molar-refractivity contribution < 1.29 is 13.9 Å². The van der Waals surface area contributed by atoms with Gasteiger partial charge in [-0.05, 0) is 18.2 Å². The summed E-state index contributed by atoms with van der Waals surface area (Å²) in [5, 5.41) is 1.48. The van der Waals surface area contributed by atoms with Gasteiger partial charge in [0.15, 0.2) is 0 Å². The average Bonchev–Trinajstić information content (AvgIpc) is 3.06. The molecule has 28 heavy (non-hydrogen) atoms. The van der Waals surface area contributed by atoms with Crippen molar-refractivity contribution in [1.29, 1.82) is 0 Å². The first-order chi connectivity index (χ1) is 13.6. The van der Waals surface area contributed by atoms with Crippen LogP contribution in [0.3, 0.4) is 0 Å². The van der Waals surface area contributed by atoms with Crippen molar-refractivity contribution in [3.63, 3.8) is 0 Å². The first-order valence-corrected chi connectivity index (χ1v) is 10.5. The highest BCUT2D eigenvalue weighted by Crippen LogP contribution is 2.34. The molecule has 4 nitrogen and oxygen atoms in total. The quantitative estimate of drug-likeness (QED) is 0.568. The molecule has 0 bridgehead atoms. The zero-order valence-corrected chi connectivity index (χ0v) is 16.8. The zero-order valence-electron chi connectivity index (χ0n) is 15.2. The fourth-order valence-electron chi connectivity index (χ4n) is 3.34. The van der Waals surface area contributed by atoms with Crippen molar-refractivity contribution in [1.82, 2.24) is 9.47 Å². The third kappa shape index (κ3) is 4.04. The number of thioether (sulfide) groups is 1. The second-order valence-electron chi connectivity index (χ2n) is 6.62. The number of rotatable bonds is 5. The maximum Gasteiger partial charge on any atom is 0.242 e. The van der Waals surface area contributed by atoms with Gasteiger partial charge < -0.3 is 14.2 Å². The molecule has 0 radical (unpaired) electrons. The minimum atomic E-state index is -0.300. The van der Waals surface area contributed by atoms with Crippen LogP contribution in [0.4, 0.5) is 4.39 Å². The van der Waals surface area contributed by atoms with Crippen molar-refractivity contribution in [2.75, 3.05) is 26.3 Å². The van der Waals surface area contributed by atoms with Crippen LogP contribution in [-0.2, 0) is 21.8 Å². The van der Waals surface area contributed by atoms with E-state index in [4.69, 9.17) is 16.3 Å². The first-order valence-electron chi connectivity index (χ1n) is 9.12. The smallest absolute Gasteiger partial charge is 0.242 e. The van der Waals surface area contributed by atoms with E-state index in [1.807, 2.05) is 39.9 Å². The van der Waals surface area contributed by atoms with E-state index in [0.717, 1.165) is 15.8 Å². The van der Waals surface area contributed by atoms with Crippen molar-refractivity contribution >= 4 is 40.2 Å². The minimum absolute atomic E-state index is 0.0813. The van der Waals surface area contributed by atoms with E-state index in [1.165, 1.54) is 17.8 Å². The van der Waals surface area contributed by atoms with E-state index in [2.05, 4.69) is 0 Å². The van der Waals surface area contributed by atoms with Crippen LogP contribution >= 0.6 is 23.4 Å². The first kappa shape index (κ1) is 19.3.